The van der Waals surface area contributed by atoms with E-state index in [1.54, 1.807) is 0 Å². The molecular formula is C65H124O4S4. The molecule has 0 saturated carbocycles. The fraction of sp³-hybridized carbons (Fsp3) is 0.938. The number of hydrogen-bond donors (Lipinski definition) is 0. The van der Waals surface area contributed by atoms with Crippen LogP contribution in [-0.4, -0.2) is 32.3 Å². The Morgan fingerprint density at radius 3 is 0.603 bits per heavy atom. The second-order valence-corrected chi connectivity index (χ2v) is 24.6. The van der Waals surface area contributed by atoms with E-state index in [1.165, 1.54) is 257 Å². The topological polar surface area (TPSA) is 36.9 Å². The van der Waals surface area contributed by atoms with Crippen molar-refractivity contribution in [2.45, 2.75) is 388 Å². The van der Waals surface area contributed by atoms with Crippen LogP contribution in [-0.2, 0) is 18.9 Å². The molecule has 0 heterocycles. The van der Waals surface area contributed by atoms with Gasteiger partial charge in [-0.05, 0) is 74.6 Å². The maximum atomic E-state index is 6.87. The van der Waals surface area contributed by atoms with E-state index in [0.29, 0.717) is 45.9 Å². The molecule has 0 N–H and O–H groups in total. The van der Waals surface area contributed by atoms with Gasteiger partial charge in [-0.3, -0.25) is 0 Å². The Balaban J connectivity index is 5.86. The summed E-state index contributed by atoms with van der Waals surface area (Å²) in [4.78, 5) is 0. The molecule has 0 aromatic heterocycles. The van der Waals surface area contributed by atoms with Gasteiger partial charge >= 0.3 is 5.97 Å². The third-order valence-electron chi connectivity index (χ3n) is 14.9. The first-order valence-electron chi connectivity index (χ1n) is 32.5. The van der Waals surface area contributed by atoms with Crippen molar-refractivity contribution in [3.63, 3.8) is 0 Å². The number of rotatable bonds is 58. The molecule has 0 aliphatic carbocycles. The standard InChI is InChI=1S/C65H124O4S4/c1-7-11-15-19-23-27-31-35-39-43-47-51-55-60(70)66-64(59(5)6)65(67-61(71)56-52-48-44-40-36-32-28-24-20-16-12-8-2,68-62(72)57-53-49-45-41-37-33-29-25-21-17-13-9-3)69-63(73)58-54-50-46-42-38-34-30-26-22-18-14-10-4/h59,64H,7-58H2,1-6H3. The average molecular weight is 1100 g/mol. The number of ether oxygens (including phenoxy) is 4. The molecule has 0 saturated heterocycles. The van der Waals surface area contributed by atoms with Crippen molar-refractivity contribution >= 4 is 69.1 Å². The van der Waals surface area contributed by atoms with Crippen LogP contribution in [0.4, 0.5) is 0 Å². The molecule has 73 heavy (non-hydrogen) atoms. The Morgan fingerprint density at radius 1 is 0.260 bits per heavy atom. The molecule has 1 unspecified atom stereocenters. The third-order valence-corrected chi connectivity index (χ3v) is 16.1. The van der Waals surface area contributed by atoms with E-state index in [0.717, 1.165) is 51.4 Å². The number of hydrogen-bond acceptors (Lipinski definition) is 8. The molecule has 0 bridgehead atoms. The highest BCUT2D eigenvalue weighted by Gasteiger charge is 2.53. The van der Waals surface area contributed by atoms with Crippen molar-refractivity contribution in [3.8, 4) is 0 Å². The molecule has 0 radical (unpaired) electrons. The van der Waals surface area contributed by atoms with Crippen LogP contribution in [0.3, 0.4) is 0 Å². The lowest BCUT2D eigenvalue weighted by Gasteiger charge is -2.40. The van der Waals surface area contributed by atoms with Gasteiger partial charge in [0.1, 0.15) is 0 Å². The van der Waals surface area contributed by atoms with Crippen molar-refractivity contribution in [2.75, 3.05) is 0 Å². The first-order valence-corrected chi connectivity index (χ1v) is 34.1. The fourth-order valence-corrected chi connectivity index (χ4v) is 11.2. The Labute approximate surface area is 478 Å². The molecule has 4 nitrogen and oxygen atoms in total. The van der Waals surface area contributed by atoms with Crippen molar-refractivity contribution in [1.29, 1.82) is 0 Å². The number of thiocarbonyl (C=S) groups is 4. The second-order valence-electron chi connectivity index (χ2n) is 22.7. The zero-order valence-electron chi connectivity index (χ0n) is 49.7. The highest BCUT2D eigenvalue weighted by Crippen LogP contribution is 2.33. The van der Waals surface area contributed by atoms with E-state index in [2.05, 4.69) is 41.5 Å². The summed E-state index contributed by atoms with van der Waals surface area (Å²) >= 11 is 24.3. The lowest BCUT2D eigenvalue weighted by molar-refractivity contribution is -0.326. The molecule has 8 heteroatoms. The highest BCUT2D eigenvalue weighted by atomic mass is 32.1. The van der Waals surface area contributed by atoms with Crippen LogP contribution in [0.5, 0.6) is 0 Å². The molecule has 432 valence electrons. The lowest BCUT2D eigenvalue weighted by Crippen LogP contribution is -2.56. The SMILES string of the molecule is CCCCCCCCCCCCCCC(=S)OC(C(C)C)C(OC(=S)CCCCCCCCCCCCCC)(OC(=S)CCCCCCCCCCCCCC)OC(=S)CCCCCCCCCCCCCC. The monoisotopic (exact) mass is 1100 g/mol. The molecule has 0 fully saturated rings. The van der Waals surface area contributed by atoms with E-state index in [1.807, 2.05) is 0 Å². The Morgan fingerprint density at radius 2 is 0.425 bits per heavy atom. The summed E-state index contributed by atoms with van der Waals surface area (Å²) in [5, 5.41) is 1.97. The lowest BCUT2D eigenvalue weighted by atomic mass is 10.0. The molecule has 0 spiro atoms. The normalized spacial score (nSPS) is 12.1. The zero-order valence-corrected chi connectivity index (χ0v) is 53.0. The van der Waals surface area contributed by atoms with Crippen LogP contribution in [0.15, 0.2) is 0 Å². The van der Waals surface area contributed by atoms with Crippen LogP contribution in [0.25, 0.3) is 0 Å². The Hall–Kier alpha value is -0.440. The molecular weight excluding hydrogens is 973 g/mol. The summed E-state index contributed by atoms with van der Waals surface area (Å²) in [7, 11) is 0. The van der Waals surface area contributed by atoms with Gasteiger partial charge in [0.2, 0.25) is 6.10 Å². The Bertz CT molecular complexity index is 1120. The summed E-state index contributed by atoms with van der Waals surface area (Å²) in [5.74, 6) is -1.83. The average Bonchev–Trinajstić information content (AvgIpc) is 3.36. The van der Waals surface area contributed by atoms with Crippen LogP contribution in [0.1, 0.15) is 375 Å². The molecule has 0 aromatic carbocycles. The summed E-state index contributed by atoms with van der Waals surface area (Å²) in [5.41, 5.74) is 0. The predicted molar refractivity (Wildman–Crippen MR) is 339 cm³/mol. The van der Waals surface area contributed by atoms with Crippen LogP contribution in [0, 0.1) is 5.92 Å². The van der Waals surface area contributed by atoms with E-state index >= 15 is 0 Å². The first-order chi connectivity index (χ1) is 35.6. The predicted octanol–water partition coefficient (Wildman–Crippen LogP) is 24.4. The molecule has 0 aliphatic heterocycles. The maximum Gasteiger partial charge on any atom is 0.458 e. The minimum Gasteiger partial charge on any atom is -0.471 e. The van der Waals surface area contributed by atoms with Gasteiger partial charge in [-0.25, -0.2) is 0 Å². The van der Waals surface area contributed by atoms with Crippen molar-refractivity contribution in [3.05, 3.63) is 0 Å². The maximum absolute atomic E-state index is 6.87. The minimum atomic E-state index is -1.74. The van der Waals surface area contributed by atoms with Gasteiger partial charge in [-0.1, -0.05) is 324 Å². The van der Waals surface area contributed by atoms with Crippen LogP contribution < -0.4 is 0 Å². The van der Waals surface area contributed by atoms with Gasteiger partial charge < -0.3 is 18.9 Å². The molecule has 0 aromatic rings. The van der Waals surface area contributed by atoms with E-state index in [4.69, 9.17) is 67.8 Å². The minimum absolute atomic E-state index is 0.0849. The van der Waals surface area contributed by atoms with E-state index < -0.39 is 12.1 Å². The molecule has 1 atom stereocenters. The quantitative estimate of drug-likeness (QED) is 0.0339. The summed E-state index contributed by atoms with van der Waals surface area (Å²) in [6.07, 6.45) is 64.0. The number of unbranched alkanes of at least 4 members (excludes halogenated alkanes) is 44. The van der Waals surface area contributed by atoms with Crippen molar-refractivity contribution in [2.24, 2.45) is 5.92 Å². The summed E-state index contributed by atoms with van der Waals surface area (Å²) < 4.78 is 27.4. The fourth-order valence-electron chi connectivity index (χ4n) is 10.1. The highest BCUT2D eigenvalue weighted by molar-refractivity contribution is 7.80. The van der Waals surface area contributed by atoms with Gasteiger partial charge in [0.25, 0.3) is 0 Å². The van der Waals surface area contributed by atoms with Crippen LogP contribution >= 0.6 is 48.9 Å². The third kappa shape index (κ3) is 48.4. The van der Waals surface area contributed by atoms with Gasteiger partial charge in [-0.2, -0.15) is 0 Å². The van der Waals surface area contributed by atoms with Gasteiger partial charge in [0.15, 0.2) is 20.2 Å². The van der Waals surface area contributed by atoms with Crippen molar-refractivity contribution in [1.82, 2.24) is 0 Å². The molecule has 0 aliphatic rings. The van der Waals surface area contributed by atoms with Gasteiger partial charge in [0, 0.05) is 31.6 Å². The zero-order chi connectivity index (χ0) is 53.6. The van der Waals surface area contributed by atoms with Crippen molar-refractivity contribution < 1.29 is 18.9 Å². The molecule has 0 amide bonds. The van der Waals surface area contributed by atoms with Crippen LogP contribution in [0.2, 0.25) is 0 Å². The molecule has 0 rings (SSSR count). The Kier molecular flexibility index (Phi) is 55.9. The van der Waals surface area contributed by atoms with E-state index in [-0.39, 0.29) is 5.92 Å². The smallest absolute Gasteiger partial charge is 0.458 e. The summed E-state index contributed by atoms with van der Waals surface area (Å²) in [6, 6.07) is 0. The van der Waals surface area contributed by atoms with Gasteiger partial charge in [0.05, 0.1) is 0 Å². The largest absolute Gasteiger partial charge is 0.471 e. The first kappa shape index (κ1) is 72.6. The summed E-state index contributed by atoms with van der Waals surface area (Å²) in [6.45, 7) is 13.4. The second kappa shape index (κ2) is 56.3. The van der Waals surface area contributed by atoms with Gasteiger partial charge in [-0.15, -0.1) is 0 Å². The van der Waals surface area contributed by atoms with E-state index in [9.17, 15) is 0 Å².